The van der Waals surface area contributed by atoms with Crippen LogP contribution in [-0.2, 0) is 6.42 Å². The molecule has 0 amide bonds. The Morgan fingerprint density at radius 3 is 2.95 bits per heavy atom. The van der Waals surface area contributed by atoms with Crippen molar-refractivity contribution in [3.8, 4) is 0 Å². The summed E-state index contributed by atoms with van der Waals surface area (Å²) in [5, 5.41) is 0. The van der Waals surface area contributed by atoms with Crippen molar-refractivity contribution in [3.63, 3.8) is 0 Å². The number of halogens is 1. The van der Waals surface area contributed by atoms with Crippen LogP contribution in [0.3, 0.4) is 0 Å². The zero-order valence-corrected chi connectivity index (χ0v) is 13.7. The normalized spacial score (nSPS) is 17.8. The molecule has 3 rings (SSSR count). The van der Waals surface area contributed by atoms with E-state index < -0.39 is 0 Å². The van der Waals surface area contributed by atoms with Crippen molar-refractivity contribution in [3.05, 3.63) is 58.1 Å². The number of nitrogen functional groups attached to an aromatic ring is 1. The largest absolute Gasteiger partial charge is 0.398 e. The molecule has 2 aromatic carbocycles. The highest BCUT2D eigenvalue weighted by molar-refractivity contribution is 9.10. The molecule has 0 spiro atoms. The first-order valence-corrected chi connectivity index (χ1v) is 8.77. The van der Waals surface area contributed by atoms with Gasteiger partial charge >= 0.3 is 0 Å². The smallest absolute Gasteiger partial charge is 0.0453 e. The molecule has 0 aliphatic heterocycles. The van der Waals surface area contributed by atoms with Gasteiger partial charge in [-0.2, -0.15) is 0 Å². The van der Waals surface area contributed by atoms with Crippen LogP contribution in [0.1, 0.15) is 29.9 Å². The van der Waals surface area contributed by atoms with E-state index in [1.807, 2.05) is 23.9 Å². The Kier molecular flexibility index (Phi) is 4.37. The van der Waals surface area contributed by atoms with Crippen LogP contribution in [0.5, 0.6) is 0 Å². The van der Waals surface area contributed by atoms with Crippen molar-refractivity contribution in [2.75, 3.05) is 11.5 Å². The molecule has 1 nitrogen and oxygen atoms in total. The van der Waals surface area contributed by atoms with Crippen molar-refractivity contribution in [2.45, 2.75) is 30.1 Å². The molecule has 0 bridgehead atoms. The van der Waals surface area contributed by atoms with Gasteiger partial charge in [-0.25, -0.2) is 0 Å². The molecule has 1 unspecified atom stereocenters. The third kappa shape index (κ3) is 3.04. The van der Waals surface area contributed by atoms with E-state index in [0.29, 0.717) is 5.92 Å². The molecule has 0 radical (unpaired) electrons. The molecule has 104 valence electrons. The van der Waals surface area contributed by atoms with Crippen LogP contribution in [0.4, 0.5) is 5.69 Å². The highest BCUT2D eigenvalue weighted by Gasteiger charge is 2.20. The Morgan fingerprint density at radius 1 is 1.20 bits per heavy atom. The second-order valence-corrected chi connectivity index (χ2v) is 7.26. The van der Waals surface area contributed by atoms with Crippen LogP contribution >= 0.6 is 27.7 Å². The lowest BCUT2D eigenvalue weighted by Gasteiger charge is -2.25. The summed E-state index contributed by atoms with van der Waals surface area (Å²) >= 11 is 5.40. The number of aryl methyl sites for hydroxylation is 1. The number of hydrogen-bond donors (Lipinski definition) is 1. The minimum atomic E-state index is 0.656. The lowest BCUT2D eigenvalue weighted by atomic mass is 9.84. The van der Waals surface area contributed by atoms with Crippen molar-refractivity contribution >= 4 is 33.4 Å². The average Bonchev–Trinajstić information content (AvgIpc) is 2.48. The SMILES string of the molecule is Nc1ccc(Br)cc1SCC1CCCc2ccccc21. The number of thioether (sulfide) groups is 1. The number of benzene rings is 2. The van der Waals surface area contributed by atoms with Crippen LogP contribution in [0.2, 0.25) is 0 Å². The van der Waals surface area contributed by atoms with E-state index in [-0.39, 0.29) is 0 Å². The van der Waals surface area contributed by atoms with Crippen molar-refractivity contribution in [2.24, 2.45) is 0 Å². The number of fused-ring (bicyclic) bond motifs is 1. The standard InChI is InChI=1S/C17H18BrNS/c18-14-8-9-16(19)17(10-14)20-11-13-6-3-5-12-4-1-2-7-15(12)13/h1-2,4,7-10,13H,3,5-6,11,19H2. The minimum absolute atomic E-state index is 0.656. The van der Waals surface area contributed by atoms with Crippen LogP contribution in [0, 0.1) is 0 Å². The third-order valence-electron chi connectivity index (χ3n) is 3.91. The maximum atomic E-state index is 6.06. The van der Waals surface area contributed by atoms with Gasteiger partial charge in [0.1, 0.15) is 0 Å². The molecule has 2 aromatic rings. The van der Waals surface area contributed by atoms with E-state index in [9.17, 15) is 0 Å². The van der Waals surface area contributed by atoms with E-state index in [4.69, 9.17) is 5.73 Å². The van der Waals surface area contributed by atoms with Crippen molar-refractivity contribution in [1.82, 2.24) is 0 Å². The predicted molar refractivity (Wildman–Crippen MR) is 91.4 cm³/mol. The fraction of sp³-hybridized carbons (Fsp3) is 0.294. The van der Waals surface area contributed by atoms with Crippen LogP contribution in [0.25, 0.3) is 0 Å². The van der Waals surface area contributed by atoms with Crippen molar-refractivity contribution in [1.29, 1.82) is 0 Å². The maximum Gasteiger partial charge on any atom is 0.0453 e. The summed E-state index contributed by atoms with van der Waals surface area (Å²) < 4.78 is 1.10. The second-order valence-electron chi connectivity index (χ2n) is 5.28. The summed E-state index contributed by atoms with van der Waals surface area (Å²) in [4.78, 5) is 1.18. The fourth-order valence-electron chi connectivity index (χ4n) is 2.85. The van der Waals surface area contributed by atoms with Gasteiger partial charge in [0.15, 0.2) is 0 Å². The predicted octanol–water partition coefficient (Wildman–Crippen LogP) is 5.24. The Balaban J connectivity index is 1.75. The molecular weight excluding hydrogens is 330 g/mol. The van der Waals surface area contributed by atoms with Gasteiger partial charge < -0.3 is 5.73 Å². The quantitative estimate of drug-likeness (QED) is 0.606. The maximum absolute atomic E-state index is 6.06. The Labute approximate surface area is 133 Å². The number of anilines is 1. The summed E-state index contributed by atoms with van der Waals surface area (Å²) in [5.74, 6) is 1.76. The van der Waals surface area contributed by atoms with Crippen molar-refractivity contribution < 1.29 is 0 Å². The van der Waals surface area contributed by atoms with Gasteiger partial charge in [-0.3, -0.25) is 0 Å². The molecular formula is C17H18BrNS. The van der Waals surface area contributed by atoms with Crippen LogP contribution < -0.4 is 5.73 Å². The van der Waals surface area contributed by atoms with E-state index in [0.717, 1.165) is 15.9 Å². The summed E-state index contributed by atoms with van der Waals surface area (Å²) in [6, 6.07) is 15.0. The Bertz CT molecular complexity index is 612. The average molecular weight is 348 g/mol. The monoisotopic (exact) mass is 347 g/mol. The van der Waals surface area contributed by atoms with Crippen LogP contribution in [0.15, 0.2) is 51.8 Å². The van der Waals surface area contributed by atoms with E-state index in [1.54, 1.807) is 5.56 Å². The van der Waals surface area contributed by atoms with Gasteiger partial charge in [0.25, 0.3) is 0 Å². The number of nitrogens with two attached hydrogens (primary N) is 1. The minimum Gasteiger partial charge on any atom is -0.398 e. The molecule has 2 N–H and O–H groups in total. The molecule has 20 heavy (non-hydrogen) atoms. The summed E-state index contributed by atoms with van der Waals surface area (Å²) in [6.45, 7) is 0. The van der Waals surface area contributed by atoms with Gasteiger partial charge in [0, 0.05) is 20.8 Å². The first-order valence-electron chi connectivity index (χ1n) is 6.99. The summed E-state index contributed by atoms with van der Waals surface area (Å²) in [6.07, 6.45) is 3.82. The first kappa shape index (κ1) is 14.0. The lowest BCUT2D eigenvalue weighted by molar-refractivity contribution is 0.596. The Hall–Kier alpha value is -0.930. The zero-order valence-electron chi connectivity index (χ0n) is 11.3. The highest BCUT2D eigenvalue weighted by Crippen LogP contribution is 2.37. The topological polar surface area (TPSA) is 26.0 Å². The lowest BCUT2D eigenvalue weighted by Crippen LogP contribution is -2.11. The molecule has 0 fully saturated rings. The summed E-state index contributed by atoms with van der Waals surface area (Å²) in [5.41, 5.74) is 10.0. The molecule has 0 saturated heterocycles. The van der Waals surface area contributed by atoms with Gasteiger partial charge in [0.2, 0.25) is 0 Å². The molecule has 0 aromatic heterocycles. The van der Waals surface area contributed by atoms with E-state index in [2.05, 4.69) is 46.3 Å². The van der Waals surface area contributed by atoms with Gasteiger partial charge in [-0.1, -0.05) is 40.2 Å². The molecule has 1 aliphatic rings. The van der Waals surface area contributed by atoms with E-state index >= 15 is 0 Å². The van der Waals surface area contributed by atoms with Crippen LogP contribution in [-0.4, -0.2) is 5.75 Å². The fourth-order valence-corrected chi connectivity index (χ4v) is 4.54. The van der Waals surface area contributed by atoms with Gasteiger partial charge in [-0.15, -0.1) is 11.8 Å². The number of hydrogen-bond acceptors (Lipinski definition) is 2. The van der Waals surface area contributed by atoms with Gasteiger partial charge in [0.05, 0.1) is 0 Å². The summed E-state index contributed by atoms with van der Waals surface area (Å²) in [7, 11) is 0. The Morgan fingerprint density at radius 2 is 2.05 bits per heavy atom. The number of rotatable bonds is 3. The van der Waals surface area contributed by atoms with Gasteiger partial charge in [-0.05, 0) is 54.5 Å². The van der Waals surface area contributed by atoms with E-state index in [1.165, 1.54) is 29.7 Å². The first-order chi connectivity index (χ1) is 9.74. The molecule has 1 atom stereocenters. The molecule has 0 saturated carbocycles. The molecule has 3 heteroatoms. The second kappa shape index (κ2) is 6.23. The third-order valence-corrected chi connectivity index (χ3v) is 5.64. The molecule has 0 heterocycles. The molecule has 1 aliphatic carbocycles. The highest BCUT2D eigenvalue weighted by atomic mass is 79.9. The zero-order chi connectivity index (χ0) is 13.9.